The van der Waals surface area contributed by atoms with Crippen LogP contribution in [0.3, 0.4) is 0 Å². The Morgan fingerprint density at radius 1 is 1.42 bits per heavy atom. The number of carbonyl (C=O) groups is 1. The highest BCUT2D eigenvalue weighted by atomic mass is 35.5. The van der Waals surface area contributed by atoms with Crippen molar-refractivity contribution < 1.29 is 4.79 Å². The fraction of sp³-hybridized carbons (Fsp3) is 0.412. The lowest BCUT2D eigenvalue weighted by Gasteiger charge is -2.29. The minimum Gasteiger partial charge on any atom is -0.345 e. The first kappa shape index (κ1) is 18.8. The summed E-state index contributed by atoms with van der Waals surface area (Å²) in [6, 6.07) is 7.33. The fourth-order valence-electron chi connectivity index (χ4n) is 2.78. The van der Waals surface area contributed by atoms with Gasteiger partial charge in [-0.05, 0) is 56.9 Å². The molecular formula is C17H22Cl2N4O. The van der Waals surface area contributed by atoms with Crippen molar-refractivity contribution in [1.82, 2.24) is 15.1 Å². The van der Waals surface area contributed by atoms with Gasteiger partial charge in [0.2, 0.25) is 0 Å². The molecule has 130 valence electrons. The molecule has 1 saturated carbocycles. The quantitative estimate of drug-likeness (QED) is 0.851. The van der Waals surface area contributed by atoms with Gasteiger partial charge in [0.1, 0.15) is 0 Å². The molecule has 1 heterocycles. The van der Waals surface area contributed by atoms with Gasteiger partial charge in [-0.25, -0.2) is 4.68 Å². The van der Waals surface area contributed by atoms with Crippen LogP contribution in [-0.4, -0.2) is 27.8 Å². The van der Waals surface area contributed by atoms with Crippen LogP contribution in [0.2, 0.25) is 5.02 Å². The number of amides is 1. The standard InChI is InChI=1S/C17H21ClN4O.ClH/c1-11-15(16(23)20-17(2,10-19)12-3-4-12)9-22(21-11)14-7-5-13(18)6-8-14;/h5-9,12H,3-4,10,19H2,1-2H3,(H,20,23);1H. The lowest BCUT2D eigenvalue weighted by Crippen LogP contribution is -2.53. The molecule has 5 nitrogen and oxygen atoms in total. The number of nitrogens with one attached hydrogen (secondary N) is 1. The van der Waals surface area contributed by atoms with E-state index in [2.05, 4.69) is 10.4 Å². The van der Waals surface area contributed by atoms with E-state index in [4.69, 9.17) is 17.3 Å². The normalized spacial score (nSPS) is 16.2. The molecule has 3 N–H and O–H groups in total. The van der Waals surface area contributed by atoms with E-state index in [0.717, 1.165) is 18.5 Å². The number of nitrogens with two attached hydrogens (primary N) is 1. The number of halogens is 2. The number of aromatic nitrogens is 2. The second kappa shape index (κ2) is 7.13. The number of hydrogen-bond donors (Lipinski definition) is 2. The van der Waals surface area contributed by atoms with Crippen LogP contribution in [0.4, 0.5) is 0 Å². The topological polar surface area (TPSA) is 72.9 Å². The van der Waals surface area contributed by atoms with Crippen molar-refractivity contribution >= 4 is 29.9 Å². The molecule has 0 bridgehead atoms. The van der Waals surface area contributed by atoms with E-state index in [-0.39, 0.29) is 23.9 Å². The largest absolute Gasteiger partial charge is 0.345 e. The van der Waals surface area contributed by atoms with Gasteiger partial charge in [0.15, 0.2) is 0 Å². The van der Waals surface area contributed by atoms with Crippen LogP contribution in [0.5, 0.6) is 0 Å². The summed E-state index contributed by atoms with van der Waals surface area (Å²) < 4.78 is 1.69. The van der Waals surface area contributed by atoms with E-state index in [1.54, 1.807) is 23.0 Å². The smallest absolute Gasteiger partial charge is 0.255 e. The number of carbonyl (C=O) groups excluding carboxylic acids is 1. The number of nitrogens with zero attached hydrogens (tertiary/aromatic N) is 2. The van der Waals surface area contributed by atoms with Crippen molar-refractivity contribution in [3.8, 4) is 5.69 Å². The third-order valence-corrected chi connectivity index (χ3v) is 4.79. The molecule has 1 unspecified atom stereocenters. The van der Waals surface area contributed by atoms with Crippen molar-refractivity contribution in [3.05, 3.63) is 46.7 Å². The van der Waals surface area contributed by atoms with E-state index < -0.39 is 0 Å². The lowest BCUT2D eigenvalue weighted by molar-refractivity contribution is 0.0897. The molecule has 1 aliphatic carbocycles. The highest BCUT2D eigenvalue weighted by Gasteiger charge is 2.41. The van der Waals surface area contributed by atoms with Crippen LogP contribution >= 0.6 is 24.0 Å². The van der Waals surface area contributed by atoms with Crippen LogP contribution < -0.4 is 11.1 Å². The number of benzene rings is 1. The molecule has 0 spiro atoms. The molecular weight excluding hydrogens is 347 g/mol. The first-order valence-electron chi connectivity index (χ1n) is 7.78. The number of hydrogen-bond acceptors (Lipinski definition) is 3. The summed E-state index contributed by atoms with van der Waals surface area (Å²) in [4.78, 5) is 12.6. The maximum absolute atomic E-state index is 12.6. The van der Waals surface area contributed by atoms with Crippen molar-refractivity contribution in [3.63, 3.8) is 0 Å². The first-order chi connectivity index (χ1) is 10.9. The van der Waals surface area contributed by atoms with E-state index in [1.807, 2.05) is 26.0 Å². The number of aryl methyl sites for hydroxylation is 1. The van der Waals surface area contributed by atoms with E-state index in [1.165, 1.54) is 0 Å². The molecule has 2 aromatic rings. The van der Waals surface area contributed by atoms with E-state index in [0.29, 0.717) is 28.7 Å². The van der Waals surface area contributed by atoms with Crippen molar-refractivity contribution in [2.24, 2.45) is 11.7 Å². The summed E-state index contributed by atoms with van der Waals surface area (Å²) in [5.74, 6) is 0.352. The Hall–Kier alpha value is -1.56. The first-order valence-corrected chi connectivity index (χ1v) is 8.15. The van der Waals surface area contributed by atoms with Crippen molar-refractivity contribution in [1.29, 1.82) is 0 Å². The molecule has 1 aromatic carbocycles. The zero-order valence-corrected chi connectivity index (χ0v) is 15.3. The van der Waals surface area contributed by atoms with Gasteiger partial charge in [0.05, 0.1) is 22.5 Å². The zero-order chi connectivity index (χ0) is 16.6. The molecule has 1 atom stereocenters. The number of rotatable bonds is 5. The molecule has 1 amide bonds. The molecule has 24 heavy (non-hydrogen) atoms. The molecule has 0 radical (unpaired) electrons. The Labute approximate surface area is 153 Å². The minimum absolute atomic E-state index is 0. The Morgan fingerprint density at radius 3 is 2.58 bits per heavy atom. The fourth-order valence-corrected chi connectivity index (χ4v) is 2.90. The third-order valence-electron chi connectivity index (χ3n) is 4.54. The van der Waals surface area contributed by atoms with E-state index in [9.17, 15) is 4.79 Å². The summed E-state index contributed by atoms with van der Waals surface area (Å²) in [6.07, 6.45) is 3.99. The van der Waals surface area contributed by atoms with Gasteiger partial charge in [0, 0.05) is 17.8 Å². The van der Waals surface area contributed by atoms with Crippen LogP contribution in [0, 0.1) is 12.8 Å². The molecule has 1 fully saturated rings. The SMILES string of the molecule is Cc1nn(-c2ccc(Cl)cc2)cc1C(=O)NC(C)(CN)C1CC1.Cl. The predicted octanol–water partition coefficient (Wildman–Crippen LogP) is 3.11. The molecule has 3 rings (SSSR count). The second-order valence-electron chi connectivity index (χ2n) is 6.40. The Kier molecular flexibility index (Phi) is 5.58. The van der Waals surface area contributed by atoms with Crippen molar-refractivity contribution in [2.45, 2.75) is 32.2 Å². The van der Waals surface area contributed by atoms with Gasteiger partial charge in [0.25, 0.3) is 5.91 Å². The summed E-state index contributed by atoms with van der Waals surface area (Å²) in [5.41, 5.74) is 7.65. The van der Waals surface area contributed by atoms with Gasteiger partial charge in [-0.1, -0.05) is 11.6 Å². The van der Waals surface area contributed by atoms with Crippen molar-refractivity contribution in [2.75, 3.05) is 6.54 Å². The summed E-state index contributed by atoms with van der Waals surface area (Å²) in [7, 11) is 0. The zero-order valence-electron chi connectivity index (χ0n) is 13.8. The molecule has 1 aliphatic rings. The van der Waals surface area contributed by atoms with Crippen LogP contribution in [0.1, 0.15) is 35.8 Å². The molecule has 7 heteroatoms. The summed E-state index contributed by atoms with van der Waals surface area (Å²) in [5, 5.41) is 8.19. The molecule has 1 aromatic heterocycles. The highest BCUT2D eigenvalue weighted by Crippen LogP contribution is 2.39. The second-order valence-corrected chi connectivity index (χ2v) is 6.84. The maximum Gasteiger partial charge on any atom is 0.255 e. The summed E-state index contributed by atoms with van der Waals surface area (Å²) >= 11 is 5.90. The monoisotopic (exact) mass is 368 g/mol. The average molecular weight is 369 g/mol. The average Bonchev–Trinajstić information content (AvgIpc) is 3.31. The Balaban J connectivity index is 0.00000208. The lowest BCUT2D eigenvalue weighted by atomic mass is 9.95. The summed E-state index contributed by atoms with van der Waals surface area (Å²) in [6.45, 7) is 4.29. The predicted molar refractivity (Wildman–Crippen MR) is 98.2 cm³/mol. The van der Waals surface area contributed by atoms with Crippen LogP contribution in [0.25, 0.3) is 5.69 Å². The minimum atomic E-state index is -0.341. The van der Waals surface area contributed by atoms with Gasteiger partial charge in [-0.3, -0.25) is 4.79 Å². The van der Waals surface area contributed by atoms with Gasteiger partial charge in [-0.15, -0.1) is 12.4 Å². The molecule has 0 aliphatic heterocycles. The third kappa shape index (κ3) is 3.74. The van der Waals surface area contributed by atoms with Gasteiger partial charge >= 0.3 is 0 Å². The van der Waals surface area contributed by atoms with Gasteiger partial charge in [-0.2, -0.15) is 5.10 Å². The van der Waals surface area contributed by atoms with Gasteiger partial charge < -0.3 is 11.1 Å². The van der Waals surface area contributed by atoms with E-state index >= 15 is 0 Å². The maximum atomic E-state index is 12.6. The Bertz CT molecular complexity index is 725. The van der Waals surface area contributed by atoms with Crippen LogP contribution in [-0.2, 0) is 0 Å². The highest BCUT2D eigenvalue weighted by molar-refractivity contribution is 6.30. The van der Waals surface area contributed by atoms with Crippen LogP contribution in [0.15, 0.2) is 30.5 Å². The molecule has 0 saturated heterocycles. The Morgan fingerprint density at radius 2 is 2.04 bits per heavy atom.